The predicted molar refractivity (Wildman–Crippen MR) is 136 cm³/mol. The Labute approximate surface area is 208 Å². The monoisotopic (exact) mass is 492 g/mol. The molecule has 0 radical (unpaired) electrons. The molecule has 1 saturated heterocycles. The van der Waals surface area contributed by atoms with Gasteiger partial charge >= 0.3 is 6.09 Å². The Hall–Kier alpha value is -2.86. The molecule has 1 fully saturated rings. The molecule has 1 heterocycles. The third kappa shape index (κ3) is 10.4. The Bertz CT molecular complexity index is 814. The minimum atomic E-state index is -0.403. The van der Waals surface area contributed by atoms with Crippen LogP contribution in [0.5, 0.6) is 0 Å². The fraction of sp³-hybridized carbons (Fsp3) is 0.625. The van der Waals surface area contributed by atoms with Crippen LogP contribution in [0.25, 0.3) is 0 Å². The highest BCUT2D eigenvalue weighted by Gasteiger charge is 2.26. The highest BCUT2D eigenvalue weighted by molar-refractivity contribution is 6.29. The van der Waals surface area contributed by atoms with Gasteiger partial charge in [0.15, 0.2) is 0 Å². The molecular weight excluding hydrogens is 456 g/mol. The van der Waals surface area contributed by atoms with Crippen molar-refractivity contribution in [3.63, 3.8) is 0 Å². The zero-order valence-corrected chi connectivity index (χ0v) is 21.5. The van der Waals surface area contributed by atoms with E-state index in [1.807, 2.05) is 37.0 Å². The van der Waals surface area contributed by atoms with Crippen LogP contribution in [0.15, 0.2) is 33.5 Å². The number of nitrogens with zero attached hydrogens (tertiary/aromatic N) is 6. The second-order valence-electron chi connectivity index (χ2n) is 7.82. The summed E-state index contributed by atoms with van der Waals surface area (Å²) in [7, 11) is 1.37. The molecule has 1 aliphatic heterocycles. The summed E-state index contributed by atoms with van der Waals surface area (Å²) in [6.45, 7) is 8.75. The molecule has 0 saturated carbocycles. The van der Waals surface area contributed by atoms with E-state index in [1.165, 1.54) is 7.11 Å². The first kappa shape index (κ1) is 29.2. The number of carbonyl (C=O) groups excluding carboxylic acids is 2. The molecule has 0 spiro atoms. The number of carbonyl (C=O) groups is 2. The topological polar surface area (TPSA) is 102 Å². The van der Waals surface area contributed by atoms with Crippen LogP contribution < -0.4 is 0 Å². The van der Waals surface area contributed by atoms with Gasteiger partial charge in [-0.3, -0.25) is 4.79 Å². The zero-order chi connectivity index (χ0) is 25.3. The summed E-state index contributed by atoms with van der Waals surface area (Å²) in [5.41, 5.74) is 0. The fourth-order valence-electron chi connectivity index (χ4n) is 3.79. The highest BCUT2D eigenvalue weighted by atomic mass is 35.5. The third-order valence-corrected chi connectivity index (χ3v) is 5.66. The van der Waals surface area contributed by atoms with E-state index in [4.69, 9.17) is 21.6 Å². The Morgan fingerprint density at radius 1 is 1.29 bits per heavy atom. The van der Waals surface area contributed by atoms with Gasteiger partial charge in [0.05, 0.1) is 13.2 Å². The number of allylic oxidation sites excluding steroid dienone is 3. The number of amidine groups is 1. The van der Waals surface area contributed by atoms with Crippen molar-refractivity contribution in [3.05, 3.63) is 23.3 Å². The number of methoxy groups -OCH3 is 1. The van der Waals surface area contributed by atoms with Gasteiger partial charge in [0.2, 0.25) is 5.91 Å². The average molecular weight is 493 g/mol. The maximum absolute atomic E-state index is 12.9. The summed E-state index contributed by atoms with van der Waals surface area (Å²) < 4.78 is 4.97. The van der Waals surface area contributed by atoms with Gasteiger partial charge in [-0.05, 0) is 39.2 Å². The number of amides is 2. The molecule has 0 bridgehead atoms. The summed E-state index contributed by atoms with van der Waals surface area (Å²) in [5, 5.41) is 17.1. The normalized spacial score (nSPS) is 18.1. The molecule has 0 aromatic heterocycles. The van der Waals surface area contributed by atoms with Crippen LogP contribution in [0, 0.1) is 11.3 Å². The van der Waals surface area contributed by atoms with Crippen LogP contribution in [-0.2, 0) is 9.53 Å². The highest BCUT2D eigenvalue weighted by Crippen LogP contribution is 2.16. The van der Waals surface area contributed by atoms with Crippen molar-refractivity contribution in [2.75, 3.05) is 39.8 Å². The molecule has 0 aliphatic carbocycles. The van der Waals surface area contributed by atoms with E-state index in [2.05, 4.69) is 15.1 Å². The van der Waals surface area contributed by atoms with Gasteiger partial charge in [0.1, 0.15) is 18.1 Å². The molecule has 0 aromatic carbocycles. The molecule has 10 heteroatoms. The molecule has 188 valence electrons. The van der Waals surface area contributed by atoms with E-state index in [9.17, 15) is 9.59 Å². The summed E-state index contributed by atoms with van der Waals surface area (Å²) in [6, 6.07) is 1.72. The number of hydrogen-bond acceptors (Lipinski definition) is 6. The molecule has 9 nitrogen and oxygen atoms in total. The van der Waals surface area contributed by atoms with E-state index in [-0.39, 0.29) is 11.9 Å². The molecule has 1 rings (SSSR count). The molecule has 2 amide bonds. The number of halogens is 1. The van der Waals surface area contributed by atoms with Crippen molar-refractivity contribution < 1.29 is 14.3 Å². The van der Waals surface area contributed by atoms with Crippen molar-refractivity contribution in [1.82, 2.24) is 14.7 Å². The lowest BCUT2D eigenvalue weighted by Crippen LogP contribution is -2.48. The van der Waals surface area contributed by atoms with Gasteiger partial charge in [0.25, 0.3) is 0 Å². The molecule has 0 aromatic rings. The maximum Gasteiger partial charge on any atom is 0.410 e. The SMILES string of the molecule is CC/C(=N/N=C\C#N)N(CC)CCCC(=O)N1CCCC(C=CC=C(C)Cl)N(C(=O)OC)CC1. The van der Waals surface area contributed by atoms with Crippen molar-refractivity contribution in [2.45, 2.75) is 58.9 Å². The summed E-state index contributed by atoms with van der Waals surface area (Å²) >= 11 is 5.89. The van der Waals surface area contributed by atoms with Gasteiger partial charge in [-0.2, -0.15) is 5.26 Å². The summed E-state index contributed by atoms with van der Waals surface area (Å²) in [6.07, 6.45) is 9.58. The van der Waals surface area contributed by atoms with Crippen molar-refractivity contribution in [1.29, 1.82) is 5.26 Å². The first-order valence-corrected chi connectivity index (χ1v) is 12.1. The largest absolute Gasteiger partial charge is 0.453 e. The fourth-order valence-corrected chi connectivity index (χ4v) is 3.86. The Balaban J connectivity index is 2.71. The minimum Gasteiger partial charge on any atom is -0.453 e. The van der Waals surface area contributed by atoms with E-state index in [0.717, 1.165) is 31.4 Å². The van der Waals surface area contributed by atoms with Gasteiger partial charge in [-0.25, -0.2) is 4.79 Å². The van der Waals surface area contributed by atoms with Gasteiger partial charge in [-0.15, -0.1) is 10.2 Å². The van der Waals surface area contributed by atoms with Gasteiger partial charge in [-0.1, -0.05) is 30.7 Å². The smallest absolute Gasteiger partial charge is 0.410 e. The van der Waals surface area contributed by atoms with Crippen LogP contribution in [0.3, 0.4) is 0 Å². The van der Waals surface area contributed by atoms with Gasteiger partial charge in [0, 0.05) is 50.6 Å². The maximum atomic E-state index is 12.9. The lowest BCUT2D eigenvalue weighted by molar-refractivity contribution is -0.132. The first-order chi connectivity index (χ1) is 16.4. The number of rotatable bonds is 9. The van der Waals surface area contributed by atoms with E-state index in [0.29, 0.717) is 50.5 Å². The molecule has 1 atom stereocenters. The summed E-state index contributed by atoms with van der Waals surface area (Å²) in [5.74, 6) is 0.868. The molecule has 0 N–H and O–H groups in total. The zero-order valence-electron chi connectivity index (χ0n) is 20.7. The van der Waals surface area contributed by atoms with Crippen LogP contribution in [-0.4, -0.2) is 84.6 Å². The molecule has 1 unspecified atom stereocenters. The first-order valence-electron chi connectivity index (χ1n) is 11.7. The molecular formula is C24H37ClN6O3. The van der Waals surface area contributed by atoms with Crippen LogP contribution in [0.1, 0.15) is 52.9 Å². The lowest BCUT2D eigenvalue weighted by atomic mass is 10.1. The molecule has 34 heavy (non-hydrogen) atoms. The van der Waals surface area contributed by atoms with E-state index < -0.39 is 6.09 Å². The number of nitriles is 1. The predicted octanol–water partition coefficient (Wildman–Crippen LogP) is 4.16. The van der Waals surface area contributed by atoms with Crippen molar-refractivity contribution in [3.8, 4) is 6.07 Å². The Morgan fingerprint density at radius 3 is 2.68 bits per heavy atom. The summed E-state index contributed by atoms with van der Waals surface area (Å²) in [4.78, 5) is 30.8. The Morgan fingerprint density at radius 2 is 2.06 bits per heavy atom. The van der Waals surface area contributed by atoms with Crippen LogP contribution in [0.4, 0.5) is 4.79 Å². The minimum absolute atomic E-state index is 0.0769. The third-order valence-electron chi connectivity index (χ3n) is 5.53. The van der Waals surface area contributed by atoms with E-state index >= 15 is 0 Å². The van der Waals surface area contributed by atoms with Crippen LogP contribution >= 0.6 is 11.6 Å². The van der Waals surface area contributed by atoms with E-state index in [1.54, 1.807) is 17.9 Å². The lowest BCUT2D eigenvalue weighted by Gasteiger charge is -2.35. The van der Waals surface area contributed by atoms with Gasteiger partial charge < -0.3 is 19.4 Å². The van der Waals surface area contributed by atoms with Crippen molar-refractivity contribution in [2.24, 2.45) is 10.2 Å². The standard InChI is InChI=1S/C24H37ClN6O3/c1-5-22(28-27-15-14-26)29(6-2)16-9-13-23(32)30-17-8-12-21(11-7-10-20(3)25)31(19-18-30)24(33)34-4/h7,10-11,15,21H,5-6,8-9,12-13,16-19H2,1-4H3/b11-7?,20-10?,27-15-,28-22-. The quantitative estimate of drug-likeness (QED) is 0.208. The van der Waals surface area contributed by atoms with Crippen LogP contribution in [0.2, 0.25) is 0 Å². The number of ether oxygens (including phenoxy) is 1. The average Bonchev–Trinajstić information content (AvgIpc) is 2.81. The Kier molecular flexibility index (Phi) is 14.3. The molecule has 1 aliphatic rings. The number of hydrogen-bond donors (Lipinski definition) is 0. The van der Waals surface area contributed by atoms with Crippen molar-refractivity contribution >= 4 is 35.7 Å². The second-order valence-corrected chi connectivity index (χ2v) is 8.41. The second kappa shape index (κ2) is 16.7.